The summed E-state index contributed by atoms with van der Waals surface area (Å²) in [6, 6.07) is 7.61. The molecule has 1 aliphatic heterocycles. The highest BCUT2D eigenvalue weighted by molar-refractivity contribution is 5.84. The molecule has 0 bridgehead atoms. The zero-order valence-electron chi connectivity index (χ0n) is 24.4. The topological polar surface area (TPSA) is 104 Å². The first-order chi connectivity index (χ1) is 18.2. The fourth-order valence-corrected chi connectivity index (χ4v) is 4.79. The van der Waals surface area contributed by atoms with E-state index in [-0.39, 0.29) is 31.1 Å². The Morgan fingerprint density at radius 2 is 1.54 bits per heavy atom. The van der Waals surface area contributed by atoms with E-state index in [1.165, 1.54) is 19.1 Å². The summed E-state index contributed by atoms with van der Waals surface area (Å²) in [6.07, 6.45) is -0.685. The monoisotopic (exact) mass is 543 g/mol. The molecular weight excluding hydrogens is 502 g/mol. The highest BCUT2D eigenvalue weighted by Gasteiger charge is 2.48. The smallest absolute Gasteiger partial charge is 0.411 e. The highest BCUT2D eigenvalue weighted by atomic mass is 16.6. The van der Waals surface area contributed by atoms with Crippen LogP contribution < -0.4 is 9.47 Å². The fourth-order valence-electron chi connectivity index (χ4n) is 4.79. The molecule has 2 aromatic carbocycles. The fraction of sp³-hybridized carbons (Fsp3) is 0.533. The number of rotatable bonds is 7. The molecule has 0 spiro atoms. The van der Waals surface area contributed by atoms with E-state index in [0.717, 1.165) is 5.56 Å². The van der Waals surface area contributed by atoms with Crippen molar-refractivity contribution in [2.75, 3.05) is 20.8 Å². The first-order valence-corrected chi connectivity index (χ1v) is 13.0. The van der Waals surface area contributed by atoms with E-state index >= 15 is 0 Å². The van der Waals surface area contributed by atoms with Crippen LogP contribution in [-0.2, 0) is 32.0 Å². The van der Waals surface area contributed by atoms with Gasteiger partial charge in [0.25, 0.3) is 0 Å². The molecule has 2 atom stereocenters. The van der Waals surface area contributed by atoms with Gasteiger partial charge in [-0.2, -0.15) is 0 Å². The SMILES string of the molecule is COc1c(C)c(OC)c2c(c1O)[C@H](COCc1ccccc1)N(C(=O)OC(C)(C)C)[C@H](C(=O)OC(C)(C)C)C2. The molecule has 39 heavy (non-hydrogen) atoms. The van der Waals surface area contributed by atoms with Crippen LogP contribution in [-0.4, -0.2) is 60.1 Å². The number of amides is 1. The number of carbonyl (C=O) groups excluding carboxylic acids is 2. The number of fused-ring (bicyclic) bond motifs is 1. The Balaban J connectivity index is 2.20. The standard InChI is InChI=1S/C30H41NO8/c1-18-25(35-8)20-15-21(27(33)38-29(2,3)4)31(28(34)39-30(5,6)7)22(23(20)24(32)26(18)36-9)17-37-16-19-13-11-10-12-14-19/h10-14,21-22,32H,15-17H2,1-9H3/t21-,22-/m0/s1. The predicted octanol–water partition coefficient (Wildman–Crippen LogP) is 5.48. The summed E-state index contributed by atoms with van der Waals surface area (Å²) >= 11 is 0. The number of nitrogens with zero attached hydrogens (tertiary/aromatic N) is 1. The van der Waals surface area contributed by atoms with Crippen molar-refractivity contribution in [2.45, 2.75) is 84.8 Å². The molecule has 0 fully saturated rings. The van der Waals surface area contributed by atoms with E-state index in [4.69, 9.17) is 23.7 Å². The lowest BCUT2D eigenvalue weighted by atomic mass is 9.85. The molecule has 9 heteroatoms. The number of benzene rings is 2. The van der Waals surface area contributed by atoms with Crippen LogP contribution in [0.5, 0.6) is 17.2 Å². The van der Waals surface area contributed by atoms with Gasteiger partial charge < -0.3 is 28.8 Å². The van der Waals surface area contributed by atoms with Crippen LogP contribution in [0.15, 0.2) is 30.3 Å². The van der Waals surface area contributed by atoms with Gasteiger partial charge in [0.15, 0.2) is 11.5 Å². The van der Waals surface area contributed by atoms with Crippen molar-refractivity contribution >= 4 is 12.1 Å². The second kappa shape index (κ2) is 11.7. The van der Waals surface area contributed by atoms with Crippen molar-refractivity contribution in [2.24, 2.45) is 0 Å². The van der Waals surface area contributed by atoms with Gasteiger partial charge >= 0.3 is 12.1 Å². The summed E-state index contributed by atoms with van der Waals surface area (Å²) in [5.74, 6) is -0.0546. The molecule has 0 unspecified atom stereocenters. The molecule has 1 aliphatic rings. The Morgan fingerprint density at radius 3 is 2.08 bits per heavy atom. The molecule has 214 valence electrons. The molecule has 1 amide bonds. The third-order valence-electron chi connectivity index (χ3n) is 6.23. The van der Waals surface area contributed by atoms with Crippen LogP contribution in [0.25, 0.3) is 0 Å². The van der Waals surface area contributed by atoms with Gasteiger partial charge in [-0.3, -0.25) is 4.90 Å². The normalized spacial score (nSPS) is 17.3. The van der Waals surface area contributed by atoms with Gasteiger partial charge in [0.1, 0.15) is 23.0 Å². The van der Waals surface area contributed by atoms with Crippen LogP contribution in [0, 0.1) is 6.92 Å². The lowest BCUT2D eigenvalue weighted by molar-refractivity contribution is -0.163. The van der Waals surface area contributed by atoms with Crippen molar-refractivity contribution in [3.63, 3.8) is 0 Å². The van der Waals surface area contributed by atoms with Gasteiger partial charge in [0.05, 0.1) is 33.5 Å². The Labute approximate surface area is 230 Å². The molecule has 0 radical (unpaired) electrons. The number of methoxy groups -OCH3 is 2. The molecule has 0 saturated carbocycles. The molecule has 0 saturated heterocycles. The van der Waals surface area contributed by atoms with Crippen molar-refractivity contribution in [3.8, 4) is 17.2 Å². The number of aromatic hydroxyl groups is 1. The second-order valence-corrected chi connectivity index (χ2v) is 11.6. The summed E-state index contributed by atoms with van der Waals surface area (Å²) < 4.78 is 28.9. The summed E-state index contributed by atoms with van der Waals surface area (Å²) in [5, 5.41) is 11.4. The minimum absolute atomic E-state index is 0.0383. The van der Waals surface area contributed by atoms with Crippen LogP contribution in [0.2, 0.25) is 0 Å². The van der Waals surface area contributed by atoms with E-state index in [0.29, 0.717) is 22.4 Å². The van der Waals surface area contributed by atoms with Crippen LogP contribution >= 0.6 is 0 Å². The van der Waals surface area contributed by atoms with E-state index in [9.17, 15) is 14.7 Å². The van der Waals surface area contributed by atoms with Crippen molar-refractivity contribution in [3.05, 3.63) is 52.6 Å². The number of hydrogen-bond donors (Lipinski definition) is 1. The zero-order valence-corrected chi connectivity index (χ0v) is 24.4. The Morgan fingerprint density at radius 1 is 0.949 bits per heavy atom. The third-order valence-corrected chi connectivity index (χ3v) is 6.23. The second-order valence-electron chi connectivity index (χ2n) is 11.6. The highest BCUT2D eigenvalue weighted by Crippen LogP contribution is 2.50. The van der Waals surface area contributed by atoms with Gasteiger partial charge in [-0.25, -0.2) is 9.59 Å². The number of phenols is 1. The lowest BCUT2D eigenvalue weighted by Gasteiger charge is -2.43. The average molecular weight is 544 g/mol. The number of hydrogen-bond acceptors (Lipinski definition) is 8. The maximum absolute atomic E-state index is 13.7. The third kappa shape index (κ3) is 6.95. The minimum Gasteiger partial charge on any atom is -0.504 e. The van der Waals surface area contributed by atoms with E-state index < -0.39 is 35.3 Å². The van der Waals surface area contributed by atoms with Gasteiger partial charge in [-0.1, -0.05) is 30.3 Å². The van der Waals surface area contributed by atoms with E-state index in [1.54, 1.807) is 48.5 Å². The van der Waals surface area contributed by atoms with Gasteiger partial charge in [-0.05, 0) is 54.0 Å². The first kappa shape index (κ1) is 30.1. The number of esters is 1. The molecule has 2 aromatic rings. The molecular formula is C30H41NO8. The number of phenolic OH excluding ortho intramolecular Hbond substituents is 1. The van der Waals surface area contributed by atoms with Crippen molar-refractivity contribution in [1.29, 1.82) is 0 Å². The summed E-state index contributed by atoms with van der Waals surface area (Å²) in [6.45, 7) is 12.5. The van der Waals surface area contributed by atoms with Crippen LogP contribution in [0.4, 0.5) is 4.79 Å². The quantitative estimate of drug-likeness (QED) is 0.458. The largest absolute Gasteiger partial charge is 0.504 e. The summed E-state index contributed by atoms with van der Waals surface area (Å²) in [5.41, 5.74) is 0.845. The Hall–Kier alpha value is -3.46. The zero-order chi connectivity index (χ0) is 29.1. The Bertz CT molecular complexity index is 1180. The number of carbonyl (C=O) groups is 2. The van der Waals surface area contributed by atoms with E-state index in [2.05, 4.69) is 0 Å². The maximum atomic E-state index is 13.7. The molecule has 1 N–H and O–H groups in total. The van der Waals surface area contributed by atoms with Crippen molar-refractivity contribution in [1.82, 2.24) is 4.90 Å². The van der Waals surface area contributed by atoms with Crippen LogP contribution in [0.1, 0.15) is 69.8 Å². The molecule has 0 aromatic heterocycles. The maximum Gasteiger partial charge on any atom is 0.411 e. The first-order valence-electron chi connectivity index (χ1n) is 13.0. The molecule has 3 rings (SSSR count). The Kier molecular flexibility index (Phi) is 9.05. The van der Waals surface area contributed by atoms with Crippen LogP contribution in [0.3, 0.4) is 0 Å². The predicted molar refractivity (Wildman–Crippen MR) is 146 cm³/mol. The number of ether oxygens (including phenoxy) is 5. The summed E-state index contributed by atoms with van der Waals surface area (Å²) in [7, 11) is 2.97. The van der Waals surface area contributed by atoms with Gasteiger partial charge in [0, 0.05) is 23.1 Å². The average Bonchev–Trinajstić information content (AvgIpc) is 2.82. The van der Waals surface area contributed by atoms with E-state index in [1.807, 2.05) is 30.3 Å². The summed E-state index contributed by atoms with van der Waals surface area (Å²) in [4.78, 5) is 28.6. The van der Waals surface area contributed by atoms with Crippen molar-refractivity contribution < 1.29 is 38.4 Å². The molecule has 0 aliphatic carbocycles. The van der Waals surface area contributed by atoms with Gasteiger partial charge in [0.2, 0.25) is 0 Å². The lowest BCUT2D eigenvalue weighted by Crippen LogP contribution is -2.55. The molecule has 1 heterocycles. The van der Waals surface area contributed by atoms with Gasteiger partial charge in [-0.15, -0.1) is 0 Å². The molecule has 9 nitrogen and oxygen atoms in total. The minimum atomic E-state index is -1.06.